The number of rotatable bonds is 3. The second-order valence-electron chi connectivity index (χ2n) is 3.81. The van der Waals surface area contributed by atoms with E-state index in [4.69, 9.17) is 4.74 Å². The number of aromatic nitrogens is 1. The van der Waals surface area contributed by atoms with Crippen LogP contribution in [-0.4, -0.2) is 24.2 Å². The Bertz CT molecular complexity index is 312. The largest absolute Gasteiger partial charge is 0.380 e. The van der Waals surface area contributed by atoms with Gasteiger partial charge in [-0.3, -0.25) is 0 Å². The van der Waals surface area contributed by atoms with Crippen molar-refractivity contribution in [3.63, 3.8) is 0 Å². The molecular formula is C10H15BrN2OS. The van der Waals surface area contributed by atoms with Crippen molar-refractivity contribution in [3.05, 3.63) is 15.0 Å². The Balaban J connectivity index is 1.88. The van der Waals surface area contributed by atoms with Gasteiger partial charge in [-0.05, 0) is 35.7 Å². The molecule has 0 spiro atoms. The summed E-state index contributed by atoms with van der Waals surface area (Å²) in [6.07, 6.45) is 4.22. The highest BCUT2D eigenvalue weighted by molar-refractivity contribution is 9.11. The number of hydrogen-bond acceptors (Lipinski definition) is 4. The van der Waals surface area contributed by atoms with Crippen LogP contribution in [0.25, 0.3) is 0 Å². The van der Waals surface area contributed by atoms with Crippen molar-refractivity contribution >= 4 is 27.3 Å². The van der Waals surface area contributed by atoms with E-state index in [1.807, 2.05) is 6.20 Å². The Hall–Kier alpha value is 0.0300. The summed E-state index contributed by atoms with van der Waals surface area (Å²) >= 11 is 5.12. The van der Waals surface area contributed by atoms with E-state index in [1.54, 1.807) is 11.3 Å². The topological polar surface area (TPSA) is 34.1 Å². The van der Waals surface area contributed by atoms with Crippen LogP contribution in [0.3, 0.4) is 0 Å². The highest BCUT2D eigenvalue weighted by Crippen LogP contribution is 2.24. The quantitative estimate of drug-likeness (QED) is 0.930. The fourth-order valence-electron chi connectivity index (χ4n) is 1.76. The number of nitrogens with one attached hydrogen (secondary N) is 1. The van der Waals surface area contributed by atoms with Gasteiger partial charge >= 0.3 is 0 Å². The summed E-state index contributed by atoms with van der Waals surface area (Å²) in [4.78, 5) is 4.35. The average Bonchev–Trinajstić information content (AvgIpc) is 2.66. The number of nitrogens with zero attached hydrogens (tertiary/aromatic N) is 1. The standard InChI is InChI=1S/C10H15BrN2OS/c1-7(10-12-5-9(11)15-10)13-8-3-2-4-14-6-8/h5,7-8,13H,2-4,6H2,1H3. The van der Waals surface area contributed by atoms with Crippen LogP contribution in [0.1, 0.15) is 30.8 Å². The molecule has 1 aromatic rings. The lowest BCUT2D eigenvalue weighted by Crippen LogP contribution is -2.38. The predicted molar refractivity (Wildman–Crippen MR) is 65.2 cm³/mol. The third-order valence-electron chi connectivity index (χ3n) is 2.51. The average molecular weight is 291 g/mol. The summed E-state index contributed by atoms with van der Waals surface area (Å²) in [6, 6.07) is 0.796. The molecule has 1 aliphatic heterocycles. The van der Waals surface area contributed by atoms with Crippen molar-refractivity contribution < 1.29 is 4.74 Å². The van der Waals surface area contributed by atoms with Crippen molar-refractivity contribution in [2.75, 3.05) is 13.2 Å². The zero-order valence-electron chi connectivity index (χ0n) is 8.70. The van der Waals surface area contributed by atoms with Crippen LogP contribution in [0.4, 0.5) is 0 Å². The maximum atomic E-state index is 5.44. The van der Waals surface area contributed by atoms with Crippen molar-refractivity contribution in [2.45, 2.75) is 31.8 Å². The summed E-state index contributed by atoms with van der Waals surface area (Å²) < 4.78 is 6.52. The van der Waals surface area contributed by atoms with Gasteiger partial charge in [0.05, 0.1) is 22.6 Å². The van der Waals surface area contributed by atoms with E-state index >= 15 is 0 Å². The predicted octanol–water partition coefficient (Wildman–Crippen LogP) is 2.74. The van der Waals surface area contributed by atoms with Gasteiger partial charge in [-0.2, -0.15) is 0 Å². The fraction of sp³-hybridized carbons (Fsp3) is 0.700. The monoisotopic (exact) mass is 290 g/mol. The first kappa shape index (κ1) is 11.5. The van der Waals surface area contributed by atoms with Crippen LogP contribution in [-0.2, 0) is 4.74 Å². The first-order chi connectivity index (χ1) is 7.25. The first-order valence-electron chi connectivity index (χ1n) is 5.20. The molecule has 0 bridgehead atoms. The molecule has 2 heterocycles. The van der Waals surface area contributed by atoms with E-state index < -0.39 is 0 Å². The lowest BCUT2D eigenvalue weighted by molar-refractivity contribution is 0.0671. The molecule has 5 heteroatoms. The lowest BCUT2D eigenvalue weighted by Gasteiger charge is -2.25. The molecule has 1 fully saturated rings. The van der Waals surface area contributed by atoms with Crippen LogP contribution >= 0.6 is 27.3 Å². The highest BCUT2D eigenvalue weighted by Gasteiger charge is 2.18. The van der Waals surface area contributed by atoms with Gasteiger partial charge in [-0.15, -0.1) is 11.3 Å². The van der Waals surface area contributed by atoms with Gasteiger partial charge in [0.15, 0.2) is 0 Å². The van der Waals surface area contributed by atoms with Gasteiger partial charge in [-0.25, -0.2) is 4.98 Å². The Labute approximate surface area is 102 Å². The minimum atomic E-state index is 0.313. The maximum absolute atomic E-state index is 5.44. The second kappa shape index (κ2) is 5.39. The van der Waals surface area contributed by atoms with Gasteiger partial charge in [-0.1, -0.05) is 0 Å². The molecule has 1 aromatic heterocycles. The van der Waals surface area contributed by atoms with Gasteiger partial charge in [0, 0.05) is 12.6 Å². The van der Waals surface area contributed by atoms with Crippen LogP contribution < -0.4 is 5.32 Å². The molecule has 1 saturated heterocycles. The molecule has 2 unspecified atom stereocenters. The van der Waals surface area contributed by atoms with E-state index in [2.05, 4.69) is 33.2 Å². The molecule has 0 radical (unpaired) electrons. The van der Waals surface area contributed by atoms with Crippen LogP contribution in [0, 0.1) is 0 Å². The van der Waals surface area contributed by atoms with Gasteiger partial charge in [0.2, 0.25) is 0 Å². The number of halogens is 1. The molecule has 0 aromatic carbocycles. The van der Waals surface area contributed by atoms with Gasteiger partial charge < -0.3 is 10.1 Å². The smallest absolute Gasteiger partial charge is 0.110 e. The molecule has 15 heavy (non-hydrogen) atoms. The number of hydrogen-bond donors (Lipinski definition) is 1. The molecule has 84 valence electrons. The van der Waals surface area contributed by atoms with Crippen LogP contribution in [0.5, 0.6) is 0 Å². The van der Waals surface area contributed by atoms with Gasteiger partial charge in [0.1, 0.15) is 5.01 Å². The van der Waals surface area contributed by atoms with E-state index in [0.29, 0.717) is 12.1 Å². The third kappa shape index (κ3) is 3.24. The maximum Gasteiger partial charge on any atom is 0.110 e. The van der Waals surface area contributed by atoms with Gasteiger partial charge in [0.25, 0.3) is 0 Å². The van der Waals surface area contributed by atoms with E-state index in [-0.39, 0.29) is 0 Å². The third-order valence-corrected chi connectivity index (χ3v) is 4.17. The molecule has 0 saturated carbocycles. The lowest BCUT2D eigenvalue weighted by atomic mass is 10.1. The summed E-state index contributed by atoms with van der Waals surface area (Å²) in [7, 11) is 0. The Morgan fingerprint density at radius 3 is 3.20 bits per heavy atom. The Kier molecular flexibility index (Phi) is 4.13. The van der Waals surface area contributed by atoms with Crippen molar-refractivity contribution in [3.8, 4) is 0 Å². The summed E-state index contributed by atoms with van der Waals surface area (Å²) in [5.41, 5.74) is 0. The molecule has 2 atom stereocenters. The van der Waals surface area contributed by atoms with E-state index in [1.165, 1.54) is 6.42 Å². The number of thiazole rings is 1. The van der Waals surface area contributed by atoms with E-state index in [0.717, 1.165) is 28.4 Å². The summed E-state index contributed by atoms with van der Waals surface area (Å²) in [5, 5.41) is 4.68. The van der Waals surface area contributed by atoms with Crippen LogP contribution in [0.15, 0.2) is 9.98 Å². The minimum absolute atomic E-state index is 0.313. The molecule has 1 aliphatic rings. The van der Waals surface area contributed by atoms with Crippen molar-refractivity contribution in [1.82, 2.24) is 10.3 Å². The second-order valence-corrected chi connectivity index (χ2v) is 6.25. The minimum Gasteiger partial charge on any atom is -0.380 e. The first-order valence-corrected chi connectivity index (χ1v) is 6.81. The molecule has 0 amide bonds. The molecule has 0 aliphatic carbocycles. The fourth-order valence-corrected chi connectivity index (χ4v) is 3.02. The zero-order chi connectivity index (χ0) is 10.7. The van der Waals surface area contributed by atoms with Crippen molar-refractivity contribution in [2.24, 2.45) is 0 Å². The normalized spacial score (nSPS) is 24.0. The highest BCUT2D eigenvalue weighted by atomic mass is 79.9. The van der Waals surface area contributed by atoms with Crippen LogP contribution in [0.2, 0.25) is 0 Å². The van der Waals surface area contributed by atoms with E-state index in [9.17, 15) is 0 Å². The number of ether oxygens (including phenoxy) is 1. The Morgan fingerprint density at radius 2 is 2.60 bits per heavy atom. The van der Waals surface area contributed by atoms with Crippen molar-refractivity contribution in [1.29, 1.82) is 0 Å². The Morgan fingerprint density at radius 1 is 1.73 bits per heavy atom. The molecule has 1 N–H and O–H groups in total. The molecule has 3 nitrogen and oxygen atoms in total. The summed E-state index contributed by atoms with van der Waals surface area (Å²) in [5.74, 6) is 0. The molecule has 2 rings (SSSR count). The SMILES string of the molecule is CC(NC1CCCOC1)c1ncc(Br)s1. The molecular weight excluding hydrogens is 276 g/mol. The zero-order valence-corrected chi connectivity index (χ0v) is 11.1. The summed E-state index contributed by atoms with van der Waals surface area (Å²) in [6.45, 7) is 3.89.